The van der Waals surface area contributed by atoms with Crippen LogP contribution in [-0.2, 0) is 14.9 Å². The number of carbonyl (C=O) groups excluding carboxylic acids is 1. The summed E-state index contributed by atoms with van der Waals surface area (Å²) < 4.78 is 24.9. The number of nitrogens with zero attached hydrogens (tertiary/aromatic N) is 2. The van der Waals surface area contributed by atoms with Gasteiger partial charge in [-0.1, -0.05) is 10.9 Å². The van der Waals surface area contributed by atoms with E-state index >= 15 is 0 Å². The summed E-state index contributed by atoms with van der Waals surface area (Å²) in [5.74, 6) is -0.231. The molecule has 1 heterocycles. The molecule has 1 aliphatic rings. The standard InChI is InChI=1S/C14H21N3O4S/c1-16(21-2)22(19,20)13-8-6-12(7-9-13)14(18)15-17-10-4-3-5-11-17/h6-9H,3-5,10-11H2,1-2H3,(H,15,18). The van der Waals surface area contributed by atoms with Gasteiger partial charge in [0.2, 0.25) is 0 Å². The van der Waals surface area contributed by atoms with Crippen LogP contribution >= 0.6 is 0 Å². The number of benzene rings is 1. The third-order valence-corrected chi connectivity index (χ3v) is 5.32. The number of amides is 1. The summed E-state index contributed by atoms with van der Waals surface area (Å²) in [5.41, 5.74) is 3.26. The maximum atomic E-state index is 12.1. The minimum atomic E-state index is -3.69. The van der Waals surface area contributed by atoms with E-state index in [1.807, 2.05) is 5.01 Å². The Labute approximate surface area is 130 Å². The van der Waals surface area contributed by atoms with Gasteiger partial charge in [0, 0.05) is 25.7 Å². The van der Waals surface area contributed by atoms with Gasteiger partial charge in [0.05, 0.1) is 12.0 Å². The topological polar surface area (TPSA) is 78.9 Å². The summed E-state index contributed by atoms with van der Waals surface area (Å²) in [5, 5.41) is 1.90. The van der Waals surface area contributed by atoms with E-state index in [9.17, 15) is 13.2 Å². The molecule has 122 valence electrons. The van der Waals surface area contributed by atoms with Crippen molar-refractivity contribution in [3.05, 3.63) is 29.8 Å². The zero-order valence-corrected chi connectivity index (χ0v) is 13.6. The molecule has 0 radical (unpaired) electrons. The molecule has 0 aliphatic carbocycles. The molecule has 0 saturated carbocycles. The molecule has 1 saturated heterocycles. The van der Waals surface area contributed by atoms with E-state index in [2.05, 4.69) is 5.43 Å². The summed E-state index contributed by atoms with van der Waals surface area (Å²) >= 11 is 0. The largest absolute Gasteiger partial charge is 0.288 e. The quantitative estimate of drug-likeness (QED) is 0.816. The molecule has 1 amide bonds. The van der Waals surface area contributed by atoms with Crippen LogP contribution in [0.4, 0.5) is 0 Å². The lowest BCUT2D eigenvalue weighted by Crippen LogP contribution is -2.45. The molecule has 0 aromatic heterocycles. The SMILES string of the molecule is CON(C)S(=O)(=O)c1ccc(C(=O)NN2CCCCC2)cc1. The Balaban J connectivity index is 2.06. The summed E-state index contributed by atoms with van der Waals surface area (Å²) in [7, 11) is -1.10. The second kappa shape index (κ2) is 7.19. The maximum Gasteiger partial charge on any atom is 0.265 e. The highest BCUT2D eigenvalue weighted by molar-refractivity contribution is 7.89. The van der Waals surface area contributed by atoms with Crippen LogP contribution in [0, 0.1) is 0 Å². The predicted molar refractivity (Wildman–Crippen MR) is 81.3 cm³/mol. The van der Waals surface area contributed by atoms with Gasteiger partial charge in [0.1, 0.15) is 0 Å². The Bertz CT molecular complexity index is 609. The van der Waals surface area contributed by atoms with Crippen LogP contribution in [0.5, 0.6) is 0 Å². The lowest BCUT2D eigenvalue weighted by atomic mass is 10.1. The number of carbonyl (C=O) groups is 1. The fourth-order valence-corrected chi connectivity index (χ4v) is 3.21. The molecule has 1 N–H and O–H groups in total. The molecule has 22 heavy (non-hydrogen) atoms. The zero-order chi connectivity index (χ0) is 16.2. The number of rotatable bonds is 5. The number of sulfonamides is 1. The lowest BCUT2D eigenvalue weighted by Gasteiger charge is -2.26. The predicted octanol–water partition coefficient (Wildman–Crippen LogP) is 0.999. The number of hydrazine groups is 1. The first-order valence-corrected chi connectivity index (χ1v) is 8.58. The van der Waals surface area contributed by atoms with Crippen molar-refractivity contribution in [2.75, 3.05) is 27.2 Å². The molecule has 1 fully saturated rings. The molecule has 7 nitrogen and oxygen atoms in total. The Hall–Kier alpha value is -1.48. The van der Waals surface area contributed by atoms with Crippen molar-refractivity contribution in [3.8, 4) is 0 Å². The molecule has 2 rings (SSSR count). The summed E-state index contributed by atoms with van der Waals surface area (Å²) in [4.78, 5) is 16.9. The van der Waals surface area contributed by atoms with Crippen molar-refractivity contribution in [1.82, 2.24) is 14.9 Å². The highest BCUT2D eigenvalue weighted by Gasteiger charge is 2.21. The van der Waals surface area contributed by atoms with Crippen LogP contribution in [0.1, 0.15) is 29.6 Å². The average molecular weight is 327 g/mol. The van der Waals surface area contributed by atoms with Crippen LogP contribution in [0.15, 0.2) is 29.2 Å². The maximum absolute atomic E-state index is 12.1. The molecule has 0 unspecified atom stereocenters. The molecule has 0 bridgehead atoms. The van der Waals surface area contributed by atoms with Crippen molar-refractivity contribution in [2.45, 2.75) is 24.2 Å². The highest BCUT2D eigenvalue weighted by atomic mass is 32.2. The fraction of sp³-hybridized carbons (Fsp3) is 0.500. The lowest BCUT2D eigenvalue weighted by molar-refractivity contribution is -0.0258. The Morgan fingerprint density at radius 3 is 2.32 bits per heavy atom. The first kappa shape index (κ1) is 16.9. The third-order valence-electron chi connectivity index (χ3n) is 3.63. The average Bonchev–Trinajstić information content (AvgIpc) is 2.55. The van der Waals surface area contributed by atoms with Gasteiger partial charge >= 0.3 is 0 Å². The highest BCUT2D eigenvalue weighted by Crippen LogP contribution is 2.15. The molecular weight excluding hydrogens is 306 g/mol. The molecule has 0 atom stereocenters. The van der Waals surface area contributed by atoms with Crippen LogP contribution in [-0.4, -0.2) is 51.0 Å². The van der Waals surface area contributed by atoms with Crippen molar-refractivity contribution in [2.24, 2.45) is 0 Å². The second-order valence-corrected chi connectivity index (χ2v) is 7.05. The summed E-state index contributed by atoms with van der Waals surface area (Å²) in [6.45, 7) is 1.69. The Morgan fingerprint density at radius 2 is 1.77 bits per heavy atom. The minimum absolute atomic E-state index is 0.0753. The third kappa shape index (κ3) is 3.83. The number of nitrogens with one attached hydrogen (secondary N) is 1. The monoisotopic (exact) mass is 327 g/mol. The van der Waals surface area contributed by atoms with Gasteiger partial charge < -0.3 is 0 Å². The number of hydrogen-bond donors (Lipinski definition) is 1. The van der Waals surface area contributed by atoms with Crippen LogP contribution in [0.2, 0.25) is 0 Å². The Kier molecular flexibility index (Phi) is 5.52. The second-order valence-electron chi connectivity index (χ2n) is 5.11. The number of hydrogen-bond acceptors (Lipinski definition) is 5. The van der Waals surface area contributed by atoms with Gasteiger partial charge in [-0.2, -0.15) is 0 Å². The number of piperidine rings is 1. The fourth-order valence-electron chi connectivity index (χ4n) is 2.24. The molecule has 1 aromatic carbocycles. The van der Waals surface area contributed by atoms with Gasteiger partial charge in [-0.25, -0.2) is 13.4 Å². The van der Waals surface area contributed by atoms with E-state index in [1.165, 1.54) is 44.8 Å². The number of hydroxylamine groups is 1. The smallest absolute Gasteiger partial charge is 0.265 e. The first-order chi connectivity index (χ1) is 10.4. The Morgan fingerprint density at radius 1 is 1.18 bits per heavy atom. The normalized spacial score (nSPS) is 16.7. The van der Waals surface area contributed by atoms with Gasteiger partial charge in [-0.05, 0) is 37.1 Å². The van der Waals surface area contributed by atoms with Crippen molar-refractivity contribution in [1.29, 1.82) is 0 Å². The first-order valence-electron chi connectivity index (χ1n) is 7.14. The van der Waals surface area contributed by atoms with Gasteiger partial charge in [0.25, 0.3) is 15.9 Å². The summed E-state index contributed by atoms with van der Waals surface area (Å²) in [6, 6.07) is 5.79. The van der Waals surface area contributed by atoms with E-state index in [1.54, 1.807) is 0 Å². The molecule has 0 spiro atoms. The van der Waals surface area contributed by atoms with Gasteiger partial charge in [-0.3, -0.25) is 15.1 Å². The van der Waals surface area contributed by atoms with Crippen molar-refractivity contribution in [3.63, 3.8) is 0 Å². The van der Waals surface area contributed by atoms with E-state index in [0.717, 1.165) is 30.4 Å². The van der Waals surface area contributed by atoms with Gasteiger partial charge in [-0.15, -0.1) is 0 Å². The van der Waals surface area contributed by atoms with Crippen molar-refractivity contribution >= 4 is 15.9 Å². The minimum Gasteiger partial charge on any atom is -0.288 e. The van der Waals surface area contributed by atoms with E-state index in [0.29, 0.717) is 5.56 Å². The van der Waals surface area contributed by atoms with E-state index in [-0.39, 0.29) is 10.8 Å². The molecular formula is C14H21N3O4S. The van der Waals surface area contributed by atoms with Crippen LogP contribution in [0.3, 0.4) is 0 Å². The van der Waals surface area contributed by atoms with Crippen LogP contribution in [0.25, 0.3) is 0 Å². The molecule has 1 aromatic rings. The zero-order valence-electron chi connectivity index (χ0n) is 12.8. The van der Waals surface area contributed by atoms with Gasteiger partial charge in [0.15, 0.2) is 0 Å². The van der Waals surface area contributed by atoms with Crippen LogP contribution < -0.4 is 5.43 Å². The van der Waals surface area contributed by atoms with Crippen molar-refractivity contribution < 1.29 is 18.0 Å². The summed E-state index contributed by atoms with van der Waals surface area (Å²) in [6.07, 6.45) is 3.33. The van der Waals surface area contributed by atoms with E-state index < -0.39 is 10.0 Å². The molecule has 8 heteroatoms. The van der Waals surface area contributed by atoms with E-state index in [4.69, 9.17) is 4.84 Å². The molecule has 1 aliphatic heterocycles.